The highest BCUT2D eigenvalue weighted by Gasteiger charge is 2.80. The molecule has 7 bridgehead atoms. The number of carbonyl (C=O) groups excluding carboxylic acids is 1. The van der Waals surface area contributed by atoms with Gasteiger partial charge in [-0.3, -0.25) is 9.69 Å². The maximum atomic E-state index is 12.1. The first-order valence-corrected chi connectivity index (χ1v) is 15.7. The molecule has 0 radical (unpaired) electrons. The molecule has 5 nitrogen and oxygen atoms in total. The summed E-state index contributed by atoms with van der Waals surface area (Å²) in [6, 6.07) is 0.713. The summed E-state index contributed by atoms with van der Waals surface area (Å²) in [5, 5.41) is 11.3. The summed E-state index contributed by atoms with van der Waals surface area (Å²) in [5.41, 5.74) is 0.348. The zero-order valence-corrected chi connectivity index (χ0v) is 24.2. The molecule has 4 heterocycles. The highest BCUT2D eigenvalue weighted by Crippen LogP contribution is 2.79. The number of hydrogen-bond donors (Lipinski definition) is 1. The van der Waals surface area contributed by atoms with Crippen molar-refractivity contribution in [1.82, 2.24) is 4.90 Å². The van der Waals surface area contributed by atoms with Gasteiger partial charge in [0.25, 0.3) is 0 Å². The Morgan fingerprint density at radius 2 is 1.86 bits per heavy atom. The Labute approximate surface area is 224 Å². The Morgan fingerprint density at radius 1 is 1.08 bits per heavy atom. The Hall–Kier alpha value is -0.650. The van der Waals surface area contributed by atoms with E-state index in [-0.39, 0.29) is 23.6 Å². The molecule has 5 heteroatoms. The molecule has 1 N–H and O–H groups in total. The van der Waals surface area contributed by atoms with Crippen molar-refractivity contribution in [1.29, 1.82) is 0 Å². The molecule has 0 aromatic rings. The molecule has 7 fully saturated rings. The second-order valence-corrected chi connectivity index (χ2v) is 15.7. The second kappa shape index (κ2) is 7.75. The molecular formula is C32H51NO4. The van der Waals surface area contributed by atoms with Crippen LogP contribution < -0.4 is 0 Å². The standard InChI is InChI=1S/C32H51NO4/c1-19(2)22-10-14-28(4)21-9-16-31-13-7-8-24(31)32(28,26(22)33(31)18-21)17-11-23-29(5)15-12-25(36-20(3)34)30(23,6)27(35)37-29/h19,21-27,35H,7-18H2,1-6H3/t21-,22-,23+,24-,25+,26+,27+,28+,29-,30-,31-,32+/m1/s1. The van der Waals surface area contributed by atoms with Crippen LogP contribution >= 0.6 is 0 Å². The Balaban J connectivity index is 1.30. The van der Waals surface area contributed by atoms with Crippen LogP contribution in [0.3, 0.4) is 0 Å². The normalized spacial score (nSPS) is 59.1. The van der Waals surface area contributed by atoms with Gasteiger partial charge in [-0.1, -0.05) is 34.1 Å². The van der Waals surface area contributed by atoms with Crippen LogP contribution in [0.15, 0.2) is 0 Å². The van der Waals surface area contributed by atoms with Crippen molar-refractivity contribution >= 4 is 5.97 Å². The fourth-order valence-corrected chi connectivity index (χ4v) is 13.0. The molecule has 3 aliphatic carbocycles. The molecular weight excluding hydrogens is 462 g/mol. The first-order chi connectivity index (χ1) is 17.4. The molecule has 208 valence electrons. The SMILES string of the molecule is CC(=O)O[C@H]1CC[C@@]2(C)O[C@H](O)[C@]1(C)[C@H]2CC[C@]12[C@@H]3[C@@H](C(C)C)CC[C@@]1(C)[C@@H]1CC[C@@]4(CCC[C@H]42)N3C1. The van der Waals surface area contributed by atoms with E-state index in [1.165, 1.54) is 64.8 Å². The van der Waals surface area contributed by atoms with Crippen LogP contribution in [0.2, 0.25) is 0 Å². The van der Waals surface area contributed by atoms with Crippen molar-refractivity contribution < 1.29 is 19.4 Å². The predicted octanol–water partition coefficient (Wildman–Crippen LogP) is 5.93. The summed E-state index contributed by atoms with van der Waals surface area (Å²) in [5.74, 6) is 3.13. The third kappa shape index (κ3) is 2.81. The summed E-state index contributed by atoms with van der Waals surface area (Å²) >= 11 is 0. The van der Waals surface area contributed by atoms with Gasteiger partial charge in [0.05, 0.1) is 11.0 Å². The van der Waals surface area contributed by atoms with E-state index < -0.39 is 11.7 Å². The zero-order valence-electron chi connectivity index (χ0n) is 24.2. The lowest BCUT2D eigenvalue weighted by Crippen LogP contribution is -2.68. The van der Waals surface area contributed by atoms with E-state index in [4.69, 9.17) is 9.47 Å². The number of hydrogen-bond acceptors (Lipinski definition) is 5. The van der Waals surface area contributed by atoms with Crippen molar-refractivity contribution in [2.24, 2.45) is 45.8 Å². The monoisotopic (exact) mass is 513 g/mol. The molecule has 1 spiro atoms. The van der Waals surface area contributed by atoms with Gasteiger partial charge < -0.3 is 14.6 Å². The Kier molecular flexibility index (Phi) is 5.31. The van der Waals surface area contributed by atoms with Crippen molar-refractivity contribution in [3.05, 3.63) is 0 Å². The molecule has 4 aliphatic heterocycles. The molecule has 37 heavy (non-hydrogen) atoms. The third-order valence-corrected chi connectivity index (χ3v) is 14.5. The fraction of sp³-hybridized carbons (Fsp3) is 0.969. The van der Waals surface area contributed by atoms with Gasteiger partial charge in [0, 0.05) is 31.0 Å². The lowest BCUT2D eigenvalue weighted by Gasteiger charge is -2.67. The number of aliphatic hydroxyl groups is 1. The van der Waals surface area contributed by atoms with Crippen LogP contribution in [-0.2, 0) is 14.3 Å². The molecule has 13 atom stereocenters. The molecule has 4 saturated heterocycles. The van der Waals surface area contributed by atoms with Crippen molar-refractivity contribution in [2.45, 2.75) is 142 Å². The molecule has 0 amide bonds. The Bertz CT molecular complexity index is 984. The molecule has 1 unspecified atom stereocenters. The third-order valence-electron chi connectivity index (χ3n) is 14.5. The molecule has 7 rings (SSSR count). The maximum Gasteiger partial charge on any atom is 0.302 e. The Morgan fingerprint density at radius 3 is 2.59 bits per heavy atom. The minimum Gasteiger partial charge on any atom is -0.462 e. The van der Waals surface area contributed by atoms with Gasteiger partial charge in [-0.05, 0) is 106 Å². The minimum atomic E-state index is -0.870. The van der Waals surface area contributed by atoms with Crippen LogP contribution in [0.1, 0.15) is 112 Å². The summed E-state index contributed by atoms with van der Waals surface area (Å²) in [7, 11) is 0. The van der Waals surface area contributed by atoms with Crippen molar-refractivity contribution in [3.8, 4) is 0 Å². The topological polar surface area (TPSA) is 59.0 Å². The average Bonchev–Trinajstić information content (AvgIpc) is 3.35. The quantitative estimate of drug-likeness (QED) is 0.462. The molecule has 0 aromatic carbocycles. The predicted molar refractivity (Wildman–Crippen MR) is 143 cm³/mol. The first-order valence-electron chi connectivity index (χ1n) is 15.7. The molecule has 3 saturated carbocycles. The van der Waals surface area contributed by atoms with E-state index in [0.717, 1.165) is 42.9 Å². The van der Waals surface area contributed by atoms with Crippen molar-refractivity contribution in [2.75, 3.05) is 6.54 Å². The van der Waals surface area contributed by atoms with Gasteiger partial charge in [0.2, 0.25) is 0 Å². The van der Waals surface area contributed by atoms with Crippen LogP contribution in [0, 0.1) is 45.8 Å². The van der Waals surface area contributed by atoms with Crippen LogP contribution in [0.25, 0.3) is 0 Å². The van der Waals surface area contributed by atoms with E-state index in [2.05, 4.69) is 39.5 Å². The maximum absolute atomic E-state index is 12.1. The number of esters is 1. The van der Waals surface area contributed by atoms with Crippen LogP contribution in [0.4, 0.5) is 0 Å². The van der Waals surface area contributed by atoms with Gasteiger partial charge in [-0.15, -0.1) is 0 Å². The zero-order chi connectivity index (χ0) is 26.2. The average molecular weight is 514 g/mol. The summed E-state index contributed by atoms with van der Waals surface area (Å²) in [6.45, 7) is 14.9. The van der Waals surface area contributed by atoms with E-state index in [1.807, 2.05) is 0 Å². The number of aliphatic hydroxyl groups excluding tert-OH is 1. The van der Waals surface area contributed by atoms with Gasteiger partial charge in [-0.2, -0.15) is 0 Å². The minimum absolute atomic E-state index is 0.204. The van der Waals surface area contributed by atoms with E-state index in [1.54, 1.807) is 0 Å². The molecule has 7 aliphatic rings. The van der Waals surface area contributed by atoms with Gasteiger partial charge >= 0.3 is 5.97 Å². The van der Waals surface area contributed by atoms with E-state index in [9.17, 15) is 9.90 Å². The van der Waals surface area contributed by atoms with Crippen LogP contribution in [-0.4, -0.2) is 52.1 Å². The fourth-order valence-electron chi connectivity index (χ4n) is 13.0. The van der Waals surface area contributed by atoms with E-state index in [0.29, 0.717) is 22.4 Å². The number of carbonyl (C=O) groups is 1. The summed E-state index contributed by atoms with van der Waals surface area (Å²) in [4.78, 5) is 15.2. The number of piperidine rings is 2. The second-order valence-electron chi connectivity index (χ2n) is 15.7. The van der Waals surface area contributed by atoms with Gasteiger partial charge in [0.15, 0.2) is 6.29 Å². The lowest BCUT2D eigenvalue weighted by atomic mass is 9.41. The summed E-state index contributed by atoms with van der Waals surface area (Å²) < 4.78 is 12.3. The number of ether oxygens (including phenoxy) is 2. The van der Waals surface area contributed by atoms with E-state index >= 15 is 0 Å². The number of nitrogens with zero attached hydrogens (tertiary/aromatic N) is 1. The summed E-state index contributed by atoms with van der Waals surface area (Å²) in [6.07, 6.45) is 12.7. The van der Waals surface area contributed by atoms with Crippen molar-refractivity contribution in [3.63, 3.8) is 0 Å². The molecule has 0 aromatic heterocycles. The lowest BCUT2D eigenvalue weighted by molar-refractivity contribution is -0.188. The number of rotatable bonds is 5. The first kappa shape index (κ1) is 25.3. The van der Waals surface area contributed by atoms with Gasteiger partial charge in [0.1, 0.15) is 6.10 Å². The highest BCUT2D eigenvalue weighted by molar-refractivity contribution is 5.66. The highest BCUT2D eigenvalue weighted by atomic mass is 16.6. The largest absolute Gasteiger partial charge is 0.462 e. The smallest absolute Gasteiger partial charge is 0.302 e. The van der Waals surface area contributed by atoms with Gasteiger partial charge in [-0.25, -0.2) is 0 Å². The number of fused-ring (bicyclic) bond motifs is 4. The van der Waals surface area contributed by atoms with Crippen LogP contribution in [0.5, 0.6) is 0 Å².